The van der Waals surface area contributed by atoms with Crippen LogP contribution in [0, 0.1) is 5.92 Å². The fourth-order valence-electron chi connectivity index (χ4n) is 3.59. The minimum absolute atomic E-state index is 0.0177. The van der Waals surface area contributed by atoms with Gasteiger partial charge in [-0.3, -0.25) is 9.59 Å². The summed E-state index contributed by atoms with van der Waals surface area (Å²) in [4.78, 5) is 24.6. The van der Waals surface area contributed by atoms with Gasteiger partial charge in [0.25, 0.3) is 11.8 Å². The summed E-state index contributed by atoms with van der Waals surface area (Å²) in [5.41, 5.74) is 1.10. The first-order valence-corrected chi connectivity index (χ1v) is 10.0. The van der Waals surface area contributed by atoms with Crippen molar-refractivity contribution in [1.29, 1.82) is 0 Å². The summed E-state index contributed by atoms with van der Waals surface area (Å²) < 4.78 is 10.8. The van der Waals surface area contributed by atoms with Crippen LogP contribution in [0.2, 0.25) is 0 Å². The number of para-hydroxylation sites is 1. The monoisotopic (exact) mass is 396 g/mol. The highest BCUT2D eigenvalue weighted by molar-refractivity contribution is 6.06. The molecule has 0 aromatic heterocycles. The maximum Gasteiger partial charge on any atom is 0.259 e. The molecule has 154 valence electrons. The molecule has 0 radical (unpaired) electrons. The molecule has 2 aromatic carbocycles. The topological polar surface area (TPSA) is 76.7 Å². The van der Waals surface area contributed by atoms with Crippen molar-refractivity contribution in [3.05, 3.63) is 54.1 Å². The first-order chi connectivity index (χ1) is 14.1. The molecule has 1 saturated carbocycles. The Morgan fingerprint density at radius 3 is 2.48 bits per heavy atom. The van der Waals surface area contributed by atoms with Crippen LogP contribution in [0.1, 0.15) is 43.0 Å². The fourth-order valence-corrected chi connectivity index (χ4v) is 3.59. The van der Waals surface area contributed by atoms with Crippen LogP contribution in [0.5, 0.6) is 11.5 Å². The van der Waals surface area contributed by atoms with Crippen LogP contribution in [0.3, 0.4) is 0 Å². The van der Waals surface area contributed by atoms with Gasteiger partial charge in [-0.15, -0.1) is 0 Å². The van der Waals surface area contributed by atoms with Gasteiger partial charge in [-0.05, 0) is 55.2 Å². The normalized spacial score (nSPS) is 18.6. The summed E-state index contributed by atoms with van der Waals surface area (Å²) in [5.74, 6) is 1.25. The highest BCUT2D eigenvalue weighted by atomic mass is 16.5. The molecule has 6 heteroatoms. The van der Waals surface area contributed by atoms with Crippen molar-refractivity contribution >= 4 is 17.5 Å². The van der Waals surface area contributed by atoms with Crippen molar-refractivity contribution in [2.45, 2.75) is 38.6 Å². The van der Waals surface area contributed by atoms with Crippen molar-refractivity contribution in [3.63, 3.8) is 0 Å². The SMILES string of the molecule is COc1ccccc1C(=O)Nc1ccc(OCC(=O)N[C@H]2CCCC[C@H]2C)cc1. The van der Waals surface area contributed by atoms with Gasteiger partial charge < -0.3 is 20.1 Å². The van der Waals surface area contributed by atoms with E-state index in [2.05, 4.69) is 17.6 Å². The third kappa shape index (κ3) is 5.73. The average molecular weight is 396 g/mol. The number of anilines is 1. The molecular weight excluding hydrogens is 368 g/mol. The van der Waals surface area contributed by atoms with E-state index in [-0.39, 0.29) is 24.5 Å². The van der Waals surface area contributed by atoms with Gasteiger partial charge >= 0.3 is 0 Å². The summed E-state index contributed by atoms with van der Waals surface area (Å²) in [6, 6.07) is 14.2. The van der Waals surface area contributed by atoms with Crippen LogP contribution in [0.4, 0.5) is 5.69 Å². The molecule has 2 amide bonds. The Labute approximate surface area is 171 Å². The molecule has 0 saturated heterocycles. The zero-order chi connectivity index (χ0) is 20.6. The van der Waals surface area contributed by atoms with Gasteiger partial charge in [0, 0.05) is 11.7 Å². The number of carbonyl (C=O) groups is 2. The Hall–Kier alpha value is -3.02. The standard InChI is InChI=1S/C23H28N2O4/c1-16-7-3-5-9-20(16)25-22(26)15-29-18-13-11-17(12-14-18)24-23(27)19-8-4-6-10-21(19)28-2/h4,6,8,10-14,16,20H,3,5,7,9,15H2,1-2H3,(H,24,27)(H,25,26)/t16-,20+/m1/s1. The van der Waals surface area contributed by atoms with Crippen LogP contribution in [-0.2, 0) is 4.79 Å². The Morgan fingerprint density at radius 2 is 1.76 bits per heavy atom. The molecule has 0 bridgehead atoms. The van der Waals surface area contributed by atoms with E-state index in [1.54, 1.807) is 42.5 Å². The molecule has 0 unspecified atom stereocenters. The van der Waals surface area contributed by atoms with Gasteiger partial charge in [0.2, 0.25) is 0 Å². The van der Waals surface area contributed by atoms with Gasteiger partial charge in [0.1, 0.15) is 11.5 Å². The largest absolute Gasteiger partial charge is 0.496 e. The number of benzene rings is 2. The van der Waals surface area contributed by atoms with Gasteiger partial charge in [-0.2, -0.15) is 0 Å². The smallest absolute Gasteiger partial charge is 0.259 e. The predicted molar refractivity (Wildman–Crippen MR) is 112 cm³/mol. The van der Waals surface area contributed by atoms with E-state index in [9.17, 15) is 9.59 Å². The lowest BCUT2D eigenvalue weighted by Crippen LogP contribution is -2.43. The van der Waals surface area contributed by atoms with E-state index in [4.69, 9.17) is 9.47 Å². The molecule has 29 heavy (non-hydrogen) atoms. The molecule has 1 aliphatic rings. The van der Waals surface area contributed by atoms with Crippen LogP contribution in [0.25, 0.3) is 0 Å². The number of carbonyl (C=O) groups excluding carboxylic acids is 2. The minimum atomic E-state index is -0.253. The highest BCUT2D eigenvalue weighted by Crippen LogP contribution is 2.24. The van der Waals surface area contributed by atoms with Gasteiger partial charge in [0.05, 0.1) is 12.7 Å². The van der Waals surface area contributed by atoms with Gasteiger partial charge in [0.15, 0.2) is 6.61 Å². The lowest BCUT2D eigenvalue weighted by molar-refractivity contribution is -0.124. The number of hydrogen-bond donors (Lipinski definition) is 2. The third-order valence-corrected chi connectivity index (χ3v) is 5.29. The summed E-state index contributed by atoms with van der Waals surface area (Å²) >= 11 is 0. The summed E-state index contributed by atoms with van der Waals surface area (Å²) in [6.07, 6.45) is 4.60. The second-order valence-corrected chi connectivity index (χ2v) is 7.40. The lowest BCUT2D eigenvalue weighted by atomic mass is 9.86. The summed E-state index contributed by atoms with van der Waals surface area (Å²) in [5, 5.41) is 5.90. The first kappa shape index (κ1) is 20.7. The first-order valence-electron chi connectivity index (χ1n) is 10.0. The molecule has 0 aliphatic heterocycles. The number of hydrogen-bond acceptors (Lipinski definition) is 4. The van der Waals surface area contributed by atoms with Crippen molar-refractivity contribution < 1.29 is 19.1 Å². The van der Waals surface area contributed by atoms with E-state index in [1.165, 1.54) is 13.5 Å². The molecule has 2 aromatic rings. The second-order valence-electron chi connectivity index (χ2n) is 7.40. The van der Waals surface area contributed by atoms with Gasteiger partial charge in [-0.1, -0.05) is 31.9 Å². The maximum atomic E-state index is 12.4. The molecule has 0 heterocycles. The minimum Gasteiger partial charge on any atom is -0.496 e. The van der Waals surface area contributed by atoms with Gasteiger partial charge in [-0.25, -0.2) is 0 Å². The lowest BCUT2D eigenvalue weighted by Gasteiger charge is -2.29. The van der Waals surface area contributed by atoms with Crippen molar-refractivity contribution in [1.82, 2.24) is 5.32 Å². The number of amides is 2. The zero-order valence-electron chi connectivity index (χ0n) is 16.9. The number of rotatable bonds is 7. The second kappa shape index (κ2) is 9.96. The Balaban J connectivity index is 1.49. The van der Waals surface area contributed by atoms with Crippen LogP contribution in [0.15, 0.2) is 48.5 Å². The summed E-state index contributed by atoms with van der Waals surface area (Å²) in [7, 11) is 1.53. The quantitative estimate of drug-likeness (QED) is 0.741. The van der Waals surface area contributed by atoms with Crippen molar-refractivity contribution in [2.75, 3.05) is 19.0 Å². The molecule has 3 rings (SSSR count). The Morgan fingerprint density at radius 1 is 1.03 bits per heavy atom. The molecule has 6 nitrogen and oxygen atoms in total. The van der Waals surface area contributed by atoms with E-state index in [0.29, 0.717) is 28.7 Å². The molecule has 1 fully saturated rings. The maximum absolute atomic E-state index is 12.4. The van der Waals surface area contributed by atoms with E-state index < -0.39 is 0 Å². The number of ether oxygens (including phenoxy) is 2. The summed E-state index contributed by atoms with van der Waals surface area (Å²) in [6.45, 7) is 2.17. The van der Waals surface area contributed by atoms with E-state index in [0.717, 1.165) is 19.3 Å². The van der Waals surface area contributed by atoms with Crippen LogP contribution >= 0.6 is 0 Å². The van der Waals surface area contributed by atoms with Crippen LogP contribution in [-0.4, -0.2) is 31.6 Å². The Bertz CT molecular complexity index is 835. The molecule has 1 aliphatic carbocycles. The third-order valence-electron chi connectivity index (χ3n) is 5.29. The number of nitrogens with one attached hydrogen (secondary N) is 2. The van der Waals surface area contributed by atoms with Crippen molar-refractivity contribution in [3.8, 4) is 11.5 Å². The van der Waals surface area contributed by atoms with Crippen molar-refractivity contribution in [2.24, 2.45) is 5.92 Å². The molecule has 2 atom stereocenters. The highest BCUT2D eigenvalue weighted by Gasteiger charge is 2.22. The van der Waals surface area contributed by atoms with Crippen LogP contribution < -0.4 is 20.1 Å². The number of methoxy groups -OCH3 is 1. The fraction of sp³-hybridized carbons (Fsp3) is 0.391. The predicted octanol–water partition coefficient (Wildman–Crippen LogP) is 4.02. The molecule has 2 N–H and O–H groups in total. The molecule has 0 spiro atoms. The average Bonchev–Trinajstić information content (AvgIpc) is 2.75. The zero-order valence-corrected chi connectivity index (χ0v) is 16.9. The van der Waals surface area contributed by atoms with E-state index >= 15 is 0 Å². The molecular formula is C23H28N2O4. The van der Waals surface area contributed by atoms with E-state index in [1.807, 2.05) is 6.07 Å². The Kier molecular flexibility index (Phi) is 7.11.